The fourth-order valence-electron chi connectivity index (χ4n) is 2.72. The average molecular weight is 380 g/mol. The summed E-state index contributed by atoms with van der Waals surface area (Å²) in [5, 5.41) is 4.34. The summed E-state index contributed by atoms with van der Waals surface area (Å²) < 4.78 is 26.9. The Bertz CT molecular complexity index is 826. The van der Waals surface area contributed by atoms with Gasteiger partial charge in [0.05, 0.1) is 9.77 Å². The van der Waals surface area contributed by atoms with Crippen LogP contribution in [0.2, 0.25) is 0 Å². The van der Waals surface area contributed by atoms with Crippen molar-refractivity contribution in [3.05, 3.63) is 46.4 Å². The van der Waals surface area contributed by atoms with E-state index in [1.165, 1.54) is 10.4 Å². The monoisotopic (exact) mass is 379 g/mol. The predicted octanol–water partition coefficient (Wildman–Crippen LogP) is 2.49. The van der Waals surface area contributed by atoms with Crippen molar-refractivity contribution in [1.82, 2.24) is 14.6 Å². The van der Waals surface area contributed by atoms with E-state index in [4.69, 9.17) is 0 Å². The Morgan fingerprint density at radius 1 is 1.40 bits per heavy atom. The van der Waals surface area contributed by atoms with Crippen LogP contribution in [0.5, 0.6) is 0 Å². The molecular weight excluding hydrogens is 358 g/mol. The van der Waals surface area contributed by atoms with E-state index >= 15 is 0 Å². The highest BCUT2D eigenvalue weighted by Crippen LogP contribution is 2.26. The third-order valence-corrected chi connectivity index (χ3v) is 7.31. The number of amides is 1. The van der Waals surface area contributed by atoms with E-state index in [9.17, 15) is 13.2 Å². The molecule has 0 atom stereocenters. The number of pyridine rings is 1. The number of carbonyl (C=O) groups excluding carboxylic acids is 1. The zero-order valence-corrected chi connectivity index (χ0v) is 15.6. The summed E-state index contributed by atoms with van der Waals surface area (Å²) in [7, 11) is -3.51. The molecule has 1 N–H and O–H groups in total. The summed E-state index contributed by atoms with van der Waals surface area (Å²) in [5.74, 6) is 0.283. The Kier molecular flexibility index (Phi) is 5.51. The largest absolute Gasteiger partial charge is 0.347 e. The SMILES string of the molecule is CC1CCN(S(=O)(=O)c2csc(C(=O)NCc3cccnc3)c2)CC1. The number of aromatic nitrogens is 1. The van der Waals surface area contributed by atoms with Gasteiger partial charge in [0.1, 0.15) is 0 Å². The molecule has 1 amide bonds. The molecule has 3 heterocycles. The number of nitrogens with zero attached hydrogens (tertiary/aromatic N) is 2. The summed E-state index contributed by atoms with van der Waals surface area (Å²) in [6.45, 7) is 3.58. The third-order valence-electron chi connectivity index (χ3n) is 4.36. The highest BCUT2D eigenvalue weighted by Gasteiger charge is 2.29. The van der Waals surface area contributed by atoms with Crippen LogP contribution in [0.15, 0.2) is 40.9 Å². The molecule has 0 aromatic carbocycles. The zero-order valence-electron chi connectivity index (χ0n) is 14.0. The fourth-order valence-corrected chi connectivity index (χ4v) is 5.37. The molecule has 0 unspecified atom stereocenters. The lowest BCUT2D eigenvalue weighted by atomic mass is 10.0. The van der Waals surface area contributed by atoms with Crippen molar-refractivity contribution in [2.75, 3.05) is 13.1 Å². The van der Waals surface area contributed by atoms with E-state index in [2.05, 4.69) is 17.2 Å². The predicted molar refractivity (Wildman–Crippen MR) is 96.9 cm³/mol. The van der Waals surface area contributed by atoms with E-state index in [1.54, 1.807) is 23.8 Å². The number of hydrogen-bond acceptors (Lipinski definition) is 5. The molecule has 2 aromatic rings. The molecule has 25 heavy (non-hydrogen) atoms. The normalized spacial score (nSPS) is 16.7. The summed E-state index contributed by atoms with van der Waals surface area (Å²) in [5.41, 5.74) is 0.891. The highest BCUT2D eigenvalue weighted by molar-refractivity contribution is 7.89. The molecule has 0 aliphatic carbocycles. The first-order valence-corrected chi connectivity index (χ1v) is 10.5. The van der Waals surface area contributed by atoms with Gasteiger partial charge in [-0.3, -0.25) is 9.78 Å². The standard InChI is InChI=1S/C17H21N3O3S2/c1-13-4-7-20(8-5-13)25(22,23)15-9-16(24-12-15)17(21)19-11-14-3-2-6-18-10-14/h2-3,6,9-10,12-13H,4-5,7-8,11H2,1H3,(H,19,21). The van der Waals surface area contributed by atoms with E-state index < -0.39 is 10.0 Å². The maximum Gasteiger partial charge on any atom is 0.261 e. The van der Waals surface area contributed by atoms with Crippen molar-refractivity contribution in [1.29, 1.82) is 0 Å². The summed E-state index contributed by atoms with van der Waals surface area (Å²) in [6.07, 6.45) is 5.11. The maximum atomic E-state index is 12.7. The van der Waals surface area contributed by atoms with Gasteiger partial charge in [-0.25, -0.2) is 8.42 Å². The third kappa shape index (κ3) is 4.26. The van der Waals surface area contributed by atoms with Gasteiger partial charge >= 0.3 is 0 Å². The van der Waals surface area contributed by atoms with Crippen LogP contribution in [0, 0.1) is 5.92 Å². The first-order chi connectivity index (χ1) is 12.0. The number of rotatable bonds is 5. The van der Waals surface area contributed by atoms with E-state index in [0.717, 1.165) is 29.7 Å². The van der Waals surface area contributed by atoms with E-state index in [1.807, 2.05) is 6.07 Å². The number of hydrogen-bond donors (Lipinski definition) is 1. The molecule has 134 valence electrons. The van der Waals surface area contributed by atoms with E-state index in [0.29, 0.717) is 30.4 Å². The number of sulfonamides is 1. The lowest BCUT2D eigenvalue weighted by Gasteiger charge is -2.29. The van der Waals surface area contributed by atoms with Crippen LogP contribution in [0.1, 0.15) is 35.0 Å². The molecule has 0 bridgehead atoms. The van der Waals surface area contributed by atoms with Crippen LogP contribution in [-0.2, 0) is 16.6 Å². The number of carbonyl (C=O) groups is 1. The van der Waals surface area contributed by atoms with Gasteiger partial charge in [0, 0.05) is 37.4 Å². The van der Waals surface area contributed by atoms with E-state index in [-0.39, 0.29) is 10.8 Å². The Hall–Kier alpha value is -1.77. The van der Waals surface area contributed by atoms with Crippen LogP contribution in [0.3, 0.4) is 0 Å². The van der Waals surface area contributed by atoms with Gasteiger partial charge < -0.3 is 5.32 Å². The minimum absolute atomic E-state index is 0.207. The van der Waals surface area contributed by atoms with Crippen molar-refractivity contribution in [3.63, 3.8) is 0 Å². The van der Waals surface area contributed by atoms with Crippen molar-refractivity contribution in [3.8, 4) is 0 Å². The molecule has 2 aromatic heterocycles. The molecule has 8 heteroatoms. The first-order valence-electron chi connectivity index (χ1n) is 8.22. The maximum absolute atomic E-state index is 12.7. The van der Waals surface area contributed by atoms with Crippen LogP contribution in [0.4, 0.5) is 0 Å². The molecule has 3 rings (SSSR count). The van der Waals surface area contributed by atoms with Crippen molar-refractivity contribution < 1.29 is 13.2 Å². The Balaban J connectivity index is 1.66. The molecule has 0 spiro atoms. The van der Waals surface area contributed by atoms with Gasteiger partial charge in [-0.2, -0.15) is 4.31 Å². The van der Waals surface area contributed by atoms with Gasteiger partial charge in [-0.1, -0.05) is 13.0 Å². The molecule has 1 aliphatic heterocycles. The zero-order chi connectivity index (χ0) is 17.9. The van der Waals surface area contributed by atoms with Crippen LogP contribution >= 0.6 is 11.3 Å². The Morgan fingerprint density at radius 3 is 2.84 bits per heavy atom. The molecule has 6 nitrogen and oxygen atoms in total. The Morgan fingerprint density at radius 2 is 2.16 bits per heavy atom. The minimum atomic E-state index is -3.51. The van der Waals surface area contributed by atoms with Gasteiger partial charge in [-0.15, -0.1) is 11.3 Å². The number of piperidine rings is 1. The lowest BCUT2D eigenvalue weighted by molar-refractivity contribution is 0.0955. The molecule has 1 saturated heterocycles. The molecule has 0 saturated carbocycles. The van der Waals surface area contributed by atoms with Crippen LogP contribution in [0.25, 0.3) is 0 Å². The molecular formula is C17H21N3O3S2. The van der Waals surface area contributed by atoms with Crippen LogP contribution < -0.4 is 5.32 Å². The summed E-state index contributed by atoms with van der Waals surface area (Å²) in [4.78, 5) is 16.8. The quantitative estimate of drug-likeness (QED) is 0.866. The summed E-state index contributed by atoms with van der Waals surface area (Å²) >= 11 is 1.15. The first kappa shape index (κ1) is 18.0. The second-order valence-corrected chi connectivity index (χ2v) is 9.13. The minimum Gasteiger partial charge on any atom is -0.347 e. The Labute approximate surface area is 151 Å². The van der Waals surface area contributed by atoms with Crippen molar-refractivity contribution in [2.45, 2.75) is 31.2 Å². The number of thiophene rings is 1. The topological polar surface area (TPSA) is 79.4 Å². The molecule has 1 aliphatic rings. The summed E-state index contributed by atoms with van der Waals surface area (Å²) in [6, 6.07) is 5.14. The highest BCUT2D eigenvalue weighted by atomic mass is 32.2. The van der Waals surface area contributed by atoms with Gasteiger partial charge in [-0.05, 0) is 36.5 Å². The second-order valence-electron chi connectivity index (χ2n) is 6.28. The van der Waals surface area contributed by atoms with Gasteiger partial charge in [0.15, 0.2) is 0 Å². The molecule has 0 radical (unpaired) electrons. The van der Waals surface area contributed by atoms with Crippen LogP contribution in [-0.4, -0.2) is 36.7 Å². The van der Waals surface area contributed by atoms with Crippen molar-refractivity contribution >= 4 is 27.3 Å². The van der Waals surface area contributed by atoms with Gasteiger partial charge in [0.2, 0.25) is 10.0 Å². The van der Waals surface area contributed by atoms with Crippen molar-refractivity contribution in [2.24, 2.45) is 5.92 Å². The average Bonchev–Trinajstić information content (AvgIpc) is 3.12. The second kappa shape index (κ2) is 7.63. The fraction of sp³-hybridized carbons (Fsp3) is 0.412. The smallest absolute Gasteiger partial charge is 0.261 e. The molecule has 1 fully saturated rings. The number of nitrogens with one attached hydrogen (secondary N) is 1. The lowest BCUT2D eigenvalue weighted by Crippen LogP contribution is -2.37. The van der Waals surface area contributed by atoms with Gasteiger partial charge in [0.25, 0.3) is 5.91 Å².